The number of benzene rings is 1. The lowest BCUT2D eigenvalue weighted by molar-refractivity contribution is 0.0945. The van der Waals surface area contributed by atoms with Crippen molar-refractivity contribution >= 4 is 17.7 Å². The van der Waals surface area contributed by atoms with Gasteiger partial charge in [-0.2, -0.15) is 0 Å². The molecule has 1 amide bonds. The van der Waals surface area contributed by atoms with E-state index in [1.54, 1.807) is 11.8 Å². The normalized spacial score (nSPS) is 16.0. The van der Waals surface area contributed by atoms with Gasteiger partial charge in [0.25, 0.3) is 5.91 Å². The van der Waals surface area contributed by atoms with Crippen LogP contribution >= 0.6 is 11.8 Å². The van der Waals surface area contributed by atoms with Crippen LogP contribution in [0.4, 0.5) is 0 Å². The van der Waals surface area contributed by atoms with E-state index in [1.165, 1.54) is 17.4 Å². The van der Waals surface area contributed by atoms with Crippen molar-refractivity contribution in [1.82, 2.24) is 24.8 Å². The molecule has 8 heteroatoms. The lowest BCUT2D eigenvalue weighted by Crippen LogP contribution is -2.30. The molecule has 2 aliphatic heterocycles. The summed E-state index contributed by atoms with van der Waals surface area (Å²) in [5.74, 6) is 1.40. The van der Waals surface area contributed by atoms with E-state index in [9.17, 15) is 4.79 Å². The molecule has 0 spiro atoms. The van der Waals surface area contributed by atoms with E-state index in [0.717, 1.165) is 42.7 Å². The summed E-state index contributed by atoms with van der Waals surface area (Å²) in [6.45, 7) is 3.82. The molecule has 0 saturated carbocycles. The number of hydrogen-bond donors (Lipinski definition) is 1. The van der Waals surface area contributed by atoms with E-state index < -0.39 is 0 Å². The molecule has 2 aliphatic rings. The first-order chi connectivity index (χ1) is 13.7. The minimum absolute atomic E-state index is 0.236. The van der Waals surface area contributed by atoms with E-state index in [4.69, 9.17) is 4.42 Å². The highest BCUT2D eigenvalue weighted by atomic mass is 32.2. The maximum atomic E-state index is 12.4. The highest BCUT2D eigenvalue weighted by molar-refractivity contribution is 7.99. The van der Waals surface area contributed by atoms with E-state index in [1.807, 2.05) is 6.20 Å². The third kappa shape index (κ3) is 3.57. The average Bonchev–Trinajstić information content (AvgIpc) is 3.42. The first kappa shape index (κ1) is 17.5. The molecule has 28 heavy (non-hydrogen) atoms. The molecule has 0 atom stereocenters. The molecule has 0 fully saturated rings. The maximum Gasteiger partial charge on any atom is 0.273 e. The van der Waals surface area contributed by atoms with Gasteiger partial charge in [0.2, 0.25) is 5.89 Å². The van der Waals surface area contributed by atoms with Gasteiger partial charge in [-0.25, -0.2) is 9.97 Å². The van der Waals surface area contributed by atoms with Crippen LogP contribution < -0.4 is 5.32 Å². The molecular weight excluding hydrogens is 374 g/mol. The third-order valence-corrected chi connectivity index (χ3v) is 6.11. The molecule has 1 aromatic carbocycles. The number of carbonyl (C=O) groups is 1. The fourth-order valence-electron chi connectivity index (χ4n) is 3.68. The van der Waals surface area contributed by atoms with Crippen LogP contribution in [0.3, 0.4) is 0 Å². The van der Waals surface area contributed by atoms with Crippen LogP contribution in [0.1, 0.15) is 33.2 Å². The van der Waals surface area contributed by atoms with Crippen molar-refractivity contribution in [2.75, 3.05) is 12.3 Å². The first-order valence-corrected chi connectivity index (χ1v) is 10.4. The van der Waals surface area contributed by atoms with E-state index in [2.05, 4.69) is 49.0 Å². The number of carbonyl (C=O) groups excluding carboxylic acids is 1. The van der Waals surface area contributed by atoms with E-state index in [0.29, 0.717) is 24.7 Å². The SMILES string of the molecule is O=C(NCc1cn2c(n1)SCC2)c1coc(CN2CCc3ccccc3C2)n1. The molecular formula is C20H21N5O2S. The van der Waals surface area contributed by atoms with Gasteiger partial charge in [-0.3, -0.25) is 9.69 Å². The van der Waals surface area contributed by atoms with Crippen molar-refractivity contribution in [3.05, 3.63) is 65.1 Å². The zero-order chi connectivity index (χ0) is 18.9. The minimum Gasteiger partial charge on any atom is -0.447 e. The van der Waals surface area contributed by atoms with Crippen molar-refractivity contribution in [3.8, 4) is 0 Å². The molecule has 0 saturated heterocycles. The minimum atomic E-state index is -0.236. The summed E-state index contributed by atoms with van der Waals surface area (Å²) in [6, 6.07) is 8.51. The third-order valence-electron chi connectivity index (χ3n) is 5.14. The number of imidazole rings is 1. The topological polar surface area (TPSA) is 76.2 Å². The zero-order valence-electron chi connectivity index (χ0n) is 15.4. The van der Waals surface area contributed by atoms with Gasteiger partial charge in [0, 0.05) is 31.6 Å². The highest BCUT2D eigenvalue weighted by Gasteiger charge is 2.20. The van der Waals surface area contributed by atoms with Crippen molar-refractivity contribution in [3.63, 3.8) is 0 Å². The Balaban J connectivity index is 1.17. The maximum absolute atomic E-state index is 12.4. The molecule has 2 aromatic heterocycles. The number of nitrogens with zero attached hydrogens (tertiary/aromatic N) is 4. The van der Waals surface area contributed by atoms with Crippen LogP contribution in [-0.2, 0) is 32.6 Å². The Morgan fingerprint density at radius 1 is 1.21 bits per heavy atom. The van der Waals surface area contributed by atoms with Crippen LogP contribution in [0.15, 0.2) is 46.3 Å². The Labute approximate surface area is 167 Å². The molecule has 3 aromatic rings. The summed E-state index contributed by atoms with van der Waals surface area (Å²) in [4.78, 5) is 23.6. The van der Waals surface area contributed by atoms with Crippen molar-refractivity contribution < 1.29 is 9.21 Å². The standard InChI is InChI=1S/C20H21N5O2S/c26-19(21-9-16-11-25-7-8-28-20(25)22-16)17-13-27-18(23-17)12-24-6-5-14-3-1-2-4-15(14)10-24/h1-4,11,13H,5-10,12H2,(H,21,26). The highest BCUT2D eigenvalue weighted by Crippen LogP contribution is 2.24. The van der Waals surface area contributed by atoms with Crippen LogP contribution in [0.2, 0.25) is 0 Å². The van der Waals surface area contributed by atoms with Crippen LogP contribution in [0.25, 0.3) is 0 Å². The zero-order valence-corrected chi connectivity index (χ0v) is 16.2. The van der Waals surface area contributed by atoms with Crippen LogP contribution in [-0.4, -0.2) is 37.6 Å². The first-order valence-electron chi connectivity index (χ1n) is 9.45. The summed E-state index contributed by atoms with van der Waals surface area (Å²) < 4.78 is 7.66. The summed E-state index contributed by atoms with van der Waals surface area (Å²) in [6.07, 6.45) is 4.46. The number of aromatic nitrogens is 3. The van der Waals surface area contributed by atoms with Gasteiger partial charge in [0.15, 0.2) is 10.9 Å². The summed E-state index contributed by atoms with van der Waals surface area (Å²) in [5, 5.41) is 3.90. The van der Waals surface area contributed by atoms with Gasteiger partial charge in [-0.15, -0.1) is 0 Å². The van der Waals surface area contributed by atoms with Crippen molar-refractivity contribution in [2.45, 2.75) is 37.8 Å². The molecule has 144 valence electrons. The Kier molecular flexibility index (Phi) is 4.66. The second kappa shape index (κ2) is 7.44. The monoisotopic (exact) mass is 395 g/mol. The van der Waals surface area contributed by atoms with E-state index >= 15 is 0 Å². The van der Waals surface area contributed by atoms with Crippen LogP contribution in [0.5, 0.6) is 0 Å². The number of oxazole rings is 1. The molecule has 0 unspecified atom stereocenters. The predicted molar refractivity (Wildman–Crippen MR) is 105 cm³/mol. The molecule has 5 rings (SSSR count). The number of thioether (sulfide) groups is 1. The Morgan fingerprint density at radius 3 is 3.00 bits per heavy atom. The Hall–Kier alpha value is -2.58. The van der Waals surface area contributed by atoms with Gasteiger partial charge < -0.3 is 14.3 Å². The van der Waals surface area contributed by atoms with Gasteiger partial charge in [-0.05, 0) is 17.5 Å². The molecule has 7 nitrogen and oxygen atoms in total. The molecule has 0 aliphatic carbocycles. The smallest absolute Gasteiger partial charge is 0.273 e. The molecule has 4 heterocycles. The van der Waals surface area contributed by atoms with Crippen molar-refractivity contribution in [2.24, 2.45) is 0 Å². The second-order valence-corrected chi connectivity index (χ2v) is 8.16. The van der Waals surface area contributed by atoms with Crippen LogP contribution in [0, 0.1) is 0 Å². The molecule has 1 N–H and O–H groups in total. The summed E-state index contributed by atoms with van der Waals surface area (Å²) >= 11 is 1.74. The lowest BCUT2D eigenvalue weighted by atomic mass is 10.00. The van der Waals surface area contributed by atoms with Gasteiger partial charge >= 0.3 is 0 Å². The van der Waals surface area contributed by atoms with Gasteiger partial charge in [-0.1, -0.05) is 36.0 Å². The van der Waals surface area contributed by atoms with Gasteiger partial charge in [0.1, 0.15) is 6.26 Å². The molecule has 0 radical (unpaired) electrons. The number of fused-ring (bicyclic) bond motifs is 2. The lowest BCUT2D eigenvalue weighted by Gasteiger charge is -2.27. The quantitative estimate of drug-likeness (QED) is 0.715. The predicted octanol–water partition coefficient (Wildman–Crippen LogP) is 2.47. The van der Waals surface area contributed by atoms with Crippen molar-refractivity contribution in [1.29, 1.82) is 0 Å². The summed E-state index contributed by atoms with van der Waals surface area (Å²) in [5.41, 5.74) is 3.94. The average molecular weight is 395 g/mol. The Bertz CT molecular complexity index is 990. The number of nitrogens with one attached hydrogen (secondary N) is 1. The number of rotatable bonds is 5. The second-order valence-electron chi connectivity index (χ2n) is 7.10. The number of amides is 1. The molecule has 0 bridgehead atoms. The van der Waals surface area contributed by atoms with E-state index in [-0.39, 0.29) is 5.91 Å². The summed E-state index contributed by atoms with van der Waals surface area (Å²) in [7, 11) is 0. The fraction of sp³-hybridized carbons (Fsp3) is 0.350. The number of aryl methyl sites for hydroxylation is 1. The van der Waals surface area contributed by atoms with Gasteiger partial charge in [0.05, 0.1) is 18.8 Å². The Morgan fingerprint density at radius 2 is 2.11 bits per heavy atom. The fourth-order valence-corrected chi connectivity index (χ4v) is 4.64. The number of hydrogen-bond acceptors (Lipinski definition) is 6. The largest absolute Gasteiger partial charge is 0.447 e.